The zero-order valence-electron chi connectivity index (χ0n) is 19.0. The summed E-state index contributed by atoms with van der Waals surface area (Å²) < 4.78 is 11.2. The first-order valence-electron chi connectivity index (χ1n) is 11.0. The minimum atomic E-state index is -0.403. The number of ether oxygens (including phenoxy) is 1. The number of benzene rings is 2. The van der Waals surface area contributed by atoms with E-state index < -0.39 is 6.04 Å². The molecule has 1 unspecified atom stereocenters. The quantitative estimate of drug-likeness (QED) is 0.435. The van der Waals surface area contributed by atoms with Gasteiger partial charge < -0.3 is 14.6 Å². The third-order valence-electron chi connectivity index (χ3n) is 5.64. The van der Waals surface area contributed by atoms with Gasteiger partial charge in [0, 0.05) is 36.0 Å². The number of hydrogen-bond donors (Lipinski definition) is 1. The summed E-state index contributed by atoms with van der Waals surface area (Å²) in [7, 11) is 0. The minimum Gasteiger partial charge on any atom is -0.382 e. The van der Waals surface area contributed by atoms with Gasteiger partial charge in [0.1, 0.15) is 0 Å². The molecule has 0 bridgehead atoms. The lowest BCUT2D eigenvalue weighted by atomic mass is 9.94. The number of allylic oxidation sites excluding steroid dienone is 1. The standard InChI is InChI=1S/C25H27ClN4O3/c1-4-32-15-5-14-30-17(3)21(22(27-25(30)31)18-8-6-16(2)7-9-18)24-28-23(29-33-24)19-10-12-20(26)13-11-19/h6-13,22H,4-5,14-15H2,1-3H3,(H,27,31). The molecule has 2 heterocycles. The van der Waals surface area contributed by atoms with Crippen LogP contribution in [-0.4, -0.2) is 40.8 Å². The van der Waals surface area contributed by atoms with Crippen LogP contribution in [0.4, 0.5) is 4.79 Å². The number of hydrogen-bond acceptors (Lipinski definition) is 5. The summed E-state index contributed by atoms with van der Waals surface area (Å²) in [4.78, 5) is 19.4. The van der Waals surface area contributed by atoms with Gasteiger partial charge in [-0.05, 0) is 57.0 Å². The summed E-state index contributed by atoms with van der Waals surface area (Å²) in [5.74, 6) is 0.835. The third kappa shape index (κ3) is 5.10. The Bertz CT molecular complexity index is 1140. The highest BCUT2D eigenvalue weighted by Gasteiger charge is 2.35. The van der Waals surface area contributed by atoms with Gasteiger partial charge in [0.25, 0.3) is 5.89 Å². The molecule has 172 valence electrons. The molecule has 0 radical (unpaired) electrons. The number of urea groups is 1. The lowest BCUT2D eigenvalue weighted by Crippen LogP contribution is -2.46. The zero-order valence-corrected chi connectivity index (χ0v) is 19.7. The van der Waals surface area contributed by atoms with E-state index in [9.17, 15) is 4.79 Å². The number of carbonyl (C=O) groups excluding carboxylic acids is 1. The van der Waals surface area contributed by atoms with E-state index in [0.29, 0.717) is 36.5 Å². The van der Waals surface area contributed by atoms with Crippen molar-refractivity contribution in [2.75, 3.05) is 19.8 Å². The number of amides is 2. The molecule has 1 aromatic heterocycles. The minimum absolute atomic E-state index is 0.157. The van der Waals surface area contributed by atoms with E-state index in [0.717, 1.165) is 34.4 Å². The summed E-state index contributed by atoms with van der Waals surface area (Å²) in [5.41, 5.74) is 4.45. The van der Waals surface area contributed by atoms with Gasteiger partial charge in [-0.2, -0.15) is 4.98 Å². The van der Waals surface area contributed by atoms with Gasteiger partial charge in [-0.1, -0.05) is 46.6 Å². The normalized spacial score (nSPS) is 16.3. The number of carbonyl (C=O) groups is 1. The Morgan fingerprint density at radius 1 is 1.12 bits per heavy atom. The van der Waals surface area contributed by atoms with Crippen molar-refractivity contribution in [3.05, 3.63) is 76.3 Å². The molecular weight excluding hydrogens is 440 g/mol. The summed E-state index contributed by atoms with van der Waals surface area (Å²) in [5, 5.41) is 7.94. The molecule has 4 rings (SSSR count). The molecule has 2 aromatic carbocycles. The number of nitrogens with zero attached hydrogens (tertiary/aromatic N) is 3. The van der Waals surface area contributed by atoms with Crippen molar-refractivity contribution in [2.45, 2.75) is 33.2 Å². The summed E-state index contributed by atoms with van der Waals surface area (Å²) >= 11 is 6.01. The Morgan fingerprint density at radius 2 is 1.85 bits per heavy atom. The van der Waals surface area contributed by atoms with Crippen molar-refractivity contribution in [1.82, 2.24) is 20.4 Å². The van der Waals surface area contributed by atoms with Gasteiger partial charge in [0.15, 0.2) is 0 Å². The number of nitrogens with one attached hydrogen (secondary N) is 1. The lowest BCUT2D eigenvalue weighted by Gasteiger charge is -2.35. The average Bonchev–Trinajstić information content (AvgIpc) is 3.29. The first-order valence-corrected chi connectivity index (χ1v) is 11.4. The number of rotatable bonds is 8. The lowest BCUT2D eigenvalue weighted by molar-refractivity contribution is 0.136. The van der Waals surface area contributed by atoms with E-state index in [1.807, 2.05) is 57.2 Å². The molecule has 0 fully saturated rings. The molecule has 33 heavy (non-hydrogen) atoms. The van der Waals surface area contributed by atoms with Crippen LogP contribution in [0, 0.1) is 6.92 Å². The van der Waals surface area contributed by atoms with Crippen LogP contribution in [0.25, 0.3) is 17.0 Å². The molecule has 1 aliphatic heterocycles. The average molecular weight is 467 g/mol. The number of aromatic nitrogens is 2. The molecule has 0 spiro atoms. The molecule has 0 saturated heterocycles. The fraction of sp³-hybridized carbons (Fsp3) is 0.320. The second-order valence-corrected chi connectivity index (χ2v) is 8.36. The molecule has 1 N–H and O–H groups in total. The van der Waals surface area contributed by atoms with Gasteiger partial charge in [0.05, 0.1) is 11.6 Å². The Balaban J connectivity index is 1.73. The van der Waals surface area contributed by atoms with Crippen LogP contribution in [0.2, 0.25) is 5.02 Å². The SMILES string of the molecule is CCOCCCN1C(=O)NC(c2ccc(C)cc2)C(c2nc(-c3ccc(Cl)cc3)no2)=C1C. The summed E-state index contributed by atoms with van der Waals surface area (Å²) in [6, 6.07) is 14.8. The van der Waals surface area contributed by atoms with Crippen molar-refractivity contribution >= 4 is 23.2 Å². The monoisotopic (exact) mass is 466 g/mol. The van der Waals surface area contributed by atoms with Crippen molar-refractivity contribution < 1.29 is 14.1 Å². The smallest absolute Gasteiger partial charge is 0.322 e. The summed E-state index contributed by atoms with van der Waals surface area (Å²) in [6.45, 7) is 7.67. The van der Waals surface area contributed by atoms with Crippen molar-refractivity contribution in [1.29, 1.82) is 0 Å². The van der Waals surface area contributed by atoms with Gasteiger partial charge in [-0.25, -0.2) is 4.79 Å². The van der Waals surface area contributed by atoms with Crippen LogP contribution in [0.5, 0.6) is 0 Å². The van der Waals surface area contributed by atoms with Crippen molar-refractivity contribution in [2.24, 2.45) is 0 Å². The van der Waals surface area contributed by atoms with Gasteiger partial charge in [-0.15, -0.1) is 0 Å². The maximum atomic E-state index is 13.0. The summed E-state index contributed by atoms with van der Waals surface area (Å²) in [6.07, 6.45) is 0.723. The van der Waals surface area contributed by atoms with Crippen LogP contribution >= 0.6 is 11.6 Å². The molecule has 1 atom stereocenters. The van der Waals surface area contributed by atoms with E-state index in [1.54, 1.807) is 17.0 Å². The molecule has 1 aliphatic rings. The fourth-order valence-corrected chi connectivity index (χ4v) is 3.98. The number of aryl methyl sites for hydroxylation is 1. The first-order chi connectivity index (χ1) is 16.0. The highest BCUT2D eigenvalue weighted by Crippen LogP contribution is 2.37. The maximum absolute atomic E-state index is 13.0. The Labute approximate surface area is 198 Å². The molecule has 0 saturated carbocycles. The molecule has 8 heteroatoms. The second-order valence-electron chi connectivity index (χ2n) is 7.92. The van der Waals surface area contributed by atoms with E-state index in [-0.39, 0.29) is 6.03 Å². The van der Waals surface area contributed by atoms with Gasteiger partial charge in [-0.3, -0.25) is 4.90 Å². The molecule has 2 amide bonds. The second kappa shape index (κ2) is 10.2. The Hall–Kier alpha value is -3.16. The predicted molar refractivity (Wildman–Crippen MR) is 128 cm³/mol. The van der Waals surface area contributed by atoms with Crippen molar-refractivity contribution in [3.8, 4) is 11.4 Å². The molecule has 3 aromatic rings. The van der Waals surface area contributed by atoms with E-state index in [2.05, 4.69) is 15.5 Å². The van der Waals surface area contributed by atoms with Crippen LogP contribution in [-0.2, 0) is 4.74 Å². The molecule has 7 nitrogen and oxygen atoms in total. The van der Waals surface area contributed by atoms with Crippen LogP contribution in [0.3, 0.4) is 0 Å². The third-order valence-corrected chi connectivity index (χ3v) is 5.89. The van der Waals surface area contributed by atoms with E-state index in [4.69, 9.17) is 20.9 Å². The zero-order chi connectivity index (χ0) is 23.4. The fourth-order valence-electron chi connectivity index (χ4n) is 3.85. The van der Waals surface area contributed by atoms with Crippen LogP contribution in [0.15, 0.2) is 58.8 Å². The highest BCUT2D eigenvalue weighted by molar-refractivity contribution is 6.30. The number of halogens is 1. The molecule has 0 aliphatic carbocycles. The predicted octanol–water partition coefficient (Wildman–Crippen LogP) is 5.62. The van der Waals surface area contributed by atoms with Crippen LogP contribution < -0.4 is 5.32 Å². The topological polar surface area (TPSA) is 80.5 Å². The van der Waals surface area contributed by atoms with Gasteiger partial charge >= 0.3 is 6.03 Å². The Kier molecular flexibility index (Phi) is 7.11. The van der Waals surface area contributed by atoms with E-state index in [1.165, 1.54) is 0 Å². The van der Waals surface area contributed by atoms with Gasteiger partial charge in [0.2, 0.25) is 5.82 Å². The largest absolute Gasteiger partial charge is 0.382 e. The maximum Gasteiger partial charge on any atom is 0.322 e. The highest BCUT2D eigenvalue weighted by atomic mass is 35.5. The van der Waals surface area contributed by atoms with Crippen LogP contribution in [0.1, 0.15) is 43.3 Å². The van der Waals surface area contributed by atoms with E-state index >= 15 is 0 Å². The first kappa shape index (κ1) is 23.0. The Morgan fingerprint density at radius 3 is 2.55 bits per heavy atom. The van der Waals surface area contributed by atoms with Crippen molar-refractivity contribution in [3.63, 3.8) is 0 Å². The molecular formula is C25H27ClN4O3.